The molecular weight excluding hydrogens is 744 g/mol. The number of anilines is 5. The van der Waals surface area contributed by atoms with Crippen LogP contribution >= 0.6 is 11.3 Å². The van der Waals surface area contributed by atoms with Crippen molar-refractivity contribution in [1.29, 1.82) is 0 Å². The summed E-state index contributed by atoms with van der Waals surface area (Å²) in [5, 5.41) is 2.84. The molecule has 3 aliphatic heterocycles. The van der Waals surface area contributed by atoms with E-state index in [1.54, 1.807) is 16.7 Å². The molecule has 6 aromatic rings. The molecule has 4 heterocycles. The first kappa shape index (κ1) is 38.6. The average Bonchev–Trinajstić information content (AvgIpc) is 3.67. The molecule has 2 nitrogen and oxygen atoms in total. The summed E-state index contributed by atoms with van der Waals surface area (Å²) in [6.07, 6.45) is 7.40. The highest BCUT2D eigenvalue weighted by Gasteiger charge is 2.62. The molecule has 2 aliphatic carbocycles. The Morgan fingerprint density at radius 3 is 1.88 bits per heavy atom. The zero-order valence-electron chi connectivity index (χ0n) is 38.3. The lowest BCUT2D eigenvalue weighted by Crippen LogP contribution is -2.64. The second kappa shape index (κ2) is 12.2. The third-order valence-corrected chi connectivity index (χ3v) is 17.7. The fourth-order valence-electron chi connectivity index (χ4n) is 12.5. The van der Waals surface area contributed by atoms with Crippen LogP contribution in [0, 0.1) is 0 Å². The summed E-state index contributed by atoms with van der Waals surface area (Å²) < 4.78 is 1.43. The molecule has 60 heavy (non-hydrogen) atoms. The van der Waals surface area contributed by atoms with Crippen molar-refractivity contribution in [2.24, 2.45) is 0 Å². The number of rotatable bonds is 2. The van der Waals surface area contributed by atoms with Crippen LogP contribution in [0.25, 0.3) is 21.2 Å². The number of benzene rings is 5. The lowest BCUT2D eigenvalue weighted by Gasteiger charge is -2.52. The summed E-state index contributed by atoms with van der Waals surface area (Å²) in [5.41, 5.74) is 20.5. The fourth-order valence-corrected chi connectivity index (χ4v) is 13.8. The van der Waals surface area contributed by atoms with Crippen molar-refractivity contribution in [3.05, 3.63) is 119 Å². The quantitative estimate of drug-likeness (QED) is 0.161. The van der Waals surface area contributed by atoms with E-state index in [0.717, 1.165) is 0 Å². The van der Waals surface area contributed by atoms with E-state index < -0.39 is 0 Å². The van der Waals surface area contributed by atoms with Gasteiger partial charge in [0.25, 0.3) is 6.71 Å². The van der Waals surface area contributed by atoms with Gasteiger partial charge in [0, 0.05) is 32.9 Å². The number of hydrogen-bond donors (Lipinski definition) is 0. The molecule has 1 aromatic heterocycles. The molecular formula is C56H63BN2S. The van der Waals surface area contributed by atoms with Crippen molar-refractivity contribution < 1.29 is 0 Å². The second-order valence-corrected chi connectivity index (χ2v) is 24.2. The standard InChI is InChI=1S/C56H63BN2S/c1-51(2,3)36-20-22-38(23-21-36)58-44-28-35(34-18-14-13-15-19-34)29-45-48(44)57(47-39-32-40-41(33-46(39)60-50(47)58)54(9,10)27-26-53(40,7)8)43-31-37(52(4,5)6)30-42-49(43)59(45)56(12)25-17-16-24-55(42,56)11/h13-15,18-23,28-33H,16-17,24-27H2,1-12H3. The van der Waals surface area contributed by atoms with Crippen LogP contribution in [-0.4, -0.2) is 12.3 Å². The molecule has 306 valence electrons. The van der Waals surface area contributed by atoms with Gasteiger partial charge in [-0.05, 0) is 151 Å². The van der Waals surface area contributed by atoms with Crippen molar-refractivity contribution in [1.82, 2.24) is 0 Å². The maximum Gasteiger partial charge on any atom is 0.254 e. The Balaban J connectivity index is 1.31. The van der Waals surface area contributed by atoms with Crippen LogP contribution in [0.5, 0.6) is 0 Å². The average molecular weight is 807 g/mol. The lowest BCUT2D eigenvalue weighted by atomic mass is 9.33. The van der Waals surface area contributed by atoms with E-state index in [1.165, 1.54) is 115 Å². The molecule has 0 bridgehead atoms. The van der Waals surface area contributed by atoms with Crippen LogP contribution in [-0.2, 0) is 27.1 Å². The summed E-state index contributed by atoms with van der Waals surface area (Å²) in [6.45, 7) is 29.6. The highest BCUT2D eigenvalue weighted by atomic mass is 32.1. The van der Waals surface area contributed by atoms with E-state index in [9.17, 15) is 0 Å². The maximum atomic E-state index is 2.92. The van der Waals surface area contributed by atoms with E-state index in [0.29, 0.717) is 0 Å². The topological polar surface area (TPSA) is 6.48 Å². The molecule has 4 heteroatoms. The summed E-state index contributed by atoms with van der Waals surface area (Å²) in [6, 6.07) is 36.6. The van der Waals surface area contributed by atoms with Crippen LogP contribution < -0.4 is 26.2 Å². The summed E-state index contributed by atoms with van der Waals surface area (Å²) >= 11 is 2.04. The van der Waals surface area contributed by atoms with Gasteiger partial charge in [0.2, 0.25) is 0 Å². The molecule has 11 rings (SSSR count). The van der Waals surface area contributed by atoms with Crippen LogP contribution in [0.2, 0.25) is 0 Å². The van der Waals surface area contributed by atoms with Crippen LogP contribution in [0.15, 0.2) is 91.0 Å². The molecule has 0 saturated heterocycles. The van der Waals surface area contributed by atoms with Crippen LogP contribution in [0.1, 0.15) is 149 Å². The monoisotopic (exact) mass is 806 g/mol. The first-order valence-corrected chi connectivity index (χ1v) is 23.8. The molecule has 5 aliphatic rings. The zero-order chi connectivity index (χ0) is 42.1. The minimum atomic E-state index is -0.0439. The van der Waals surface area contributed by atoms with Gasteiger partial charge in [0.05, 0.1) is 10.5 Å². The molecule has 5 aromatic carbocycles. The molecule has 1 fully saturated rings. The van der Waals surface area contributed by atoms with E-state index in [2.05, 4.69) is 184 Å². The number of thiophene rings is 1. The van der Waals surface area contributed by atoms with Gasteiger partial charge in [0.1, 0.15) is 0 Å². The third kappa shape index (κ3) is 5.12. The SMILES string of the molecule is CC(C)(C)c1ccc(N2c3cc(-c4ccccc4)cc4c3B(c3cc(C(C)(C)C)cc5c3N4C3(C)CCCCC53C)c3c2sc2cc4c(cc32)C(C)(C)CCC4(C)C)cc1. The van der Waals surface area contributed by atoms with Gasteiger partial charge in [-0.1, -0.05) is 144 Å². The molecule has 2 unspecified atom stereocenters. The lowest BCUT2D eigenvalue weighted by molar-refractivity contribution is 0.195. The molecule has 0 spiro atoms. The van der Waals surface area contributed by atoms with Crippen molar-refractivity contribution in [3.8, 4) is 11.1 Å². The number of nitrogens with zero attached hydrogens (tertiary/aromatic N) is 2. The highest BCUT2D eigenvalue weighted by molar-refractivity contribution is 7.26. The predicted octanol–water partition coefficient (Wildman–Crippen LogP) is 13.9. The second-order valence-electron chi connectivity index (χ2n) is 23.2. The Kier molecular flexibility index (Phi) is 7.86. The van der Waals surface area contributed by atoms with E-state index in [1.807, 2.05) is 11.3 Å². The molecule has 0 amide bonds. The Morgan fingerprint density at radius 2 is 1.22 bits per heavy atom. The van der Waals surface area contributed by atoms with E-state index in [4.69, 9.17) is 0 Å². The Labute approximate surface area is 364 Å². The summed E-state index contributed by atoms with van der Waals surface area (Å²) in [4.78, 5) is 5.61. The van der Waals surface area contributed by atoms with Crippen molar-refractivity contribution in [3.63, 3.8) is 0 Å². The Hall–Kier alpha value is -4.28. The smallest absolute Gasteiger partial charge is 0.254 e. The van der Waals surface area contributed by atoms with Gasteiger partial charge in [-0.15, -0.1) is 11.3 Å². The normalized spacial score (nSPS) is 23.2. The maximum absolute atomic E-state index is 2.92. The third-order valence-electron chi connectivity index (χ3n) is 16.6. The van der Waals surface area contributed by atoms with Gasteiger partial charge in [0.15, 0.2) is 0 Å². The number of hydrogen-bond acceptors (Lipinski definition) is 3. The minimum Gasteiger partial charge on any atom is -0.335 e. The van der Waals surface area contributed by atoms with Gasteiger partial charge in [-0.25, -0.2) is 0 Å². The largest absolute Gasteiger partial charge is 0.335 e. The van der Waals surface area contributed by atoms with Crippen molar-refractivity contribution in [2.45, 2.75) is 154 Å². The summed E-state index contributed by atoms with van der Waals surface area (Å²) in [7, 11) is 0. The summed E-state index contributed by atoms with van der Waals surface area (Å²) in [5.74, 6) is 0. The van der Waals surface area contributed by atoms with Crippen LogP contribution in [0.3, 0.4) is 0 Å². The fraction of sp³-hybridized carbons (Fsp3) is 0.429. The predicted molar refractivity (Wildman–Crippen MR) is 262 cm³/mol. The van der Waals surface area contributed by atoms with Crippen LogP contribution in [0.4, 0.5) is 27.8 Å². The van der Waals surface area contributed by atoms with Crippen molar-refractivity contribution in [2.75, 3.05) is 9.80 Å². The highest BCUT2D eigenvalue weighted by Crippen LogP contribution is 2.63. The first-order valence-electron chi connectivity index (χ1n) is 23.0. The molecule has 0 radical (unpaired) electrons. The first-order chi connectivity index (χ1) is 28.2. The zero-order valence-corrected chi connectivity index (χ0v) is 39.1. The molecule has 1 saturated carbocycles. The van der Waals surface area contributed by atoms with E-state index in [-0.39, 0.29) is 39.3 Å². The Bertz CT molecular complexity index is 2780. The van der Waals surface area contributed by atoms with Crippen molar-refractivity contribution >= 4 is 72.3 Å². The van der Waals surface area contributed by atoms with Gasteiger partial charge in [-0.2, -0.15) is 0 Å². The minimum absolute atomic E-state index is 0.0182. The number of fused-ring (bicyclic) bond motifs is 10. The molecule has 2 atom stereocenters. The van der Waals surface area contributed by atoms with Gasteiger partial charge in [-0.3, -0.25) is 0 Å². The molecule has 0 N–H and O–H groups in total. The van der Waals surface area contributed by atoms with E-state index >= 15 is 0 Å². The Morgan fingerprint density at radius 1 is 0.583 bits per heavy atom. The van der Waals surface area contributed by atoms with Gasteiger partial charge >= 0.3 is 0 Å². The van der Waals surface area contributed by atoms with Gasteiger partial charge < -0.3 is 9.80 Å².